The molecule has 0 atom stereocenters. The summed E-state index contributed by atoms with van der Waals surface area (Å²) in [5.41, 5.74) is 3.98. The average Bonchev–Trinajstić information content (AvgIpc) is 3.11. The van der Waals surface area contributed by atoms with Crippen molar-refractivity contribution in [3.05, 3.63) is 86.7 Å². The molecule has 0 radical (unpaired) electrons. The van der Waals surface area contributed by atoms with Crippen molar-refractivity contribution in [2.45, 2.75) is 13.5 Å². The Morgan fingerprint density at radius 1 is 0.929 bits per heavy atom. The maximum atomic E-state index is 13.1. The number of aryl methyl sites for hydroxylation is 2. The largest absolute Gasteiger partial charge is 0.392 e. The summed E-state index contributed by atoms with van der Waals surface area (Å²) in [5.74, 6) is 0. The van der Waals surface area contributed by atoms with Crippen molar-refractivity contribution in [3.8, 4) is 16.9 Å². The van der Waals surface area contributed by atoms with Gasteiger partial charge in [-0.15, -0.1) is 0 Å². The molecular formula is C22H21N3O3. The monoisotopic (exact) mass is 375 g/mol. The van der Waals surface area contributed by atoms with E-state index in [1.54, 1.807) is 13.2 Å². The minimum atomic E-state index is -0.374. The SMILES string of the molecule is Cc1ccccc1-c1c2c(=O)n(C)c(=O)n(C)c2cn1-c1ccccc1CO. The molecule has 0 saturated carbocycles. The molecule has 0 spiro atoms. The van der Waals surface area contributed by atoms with Gasteiger partial charge in [0.1, 0.15) is 0 Å². The lowest BCUT2D eigenvalue weighted by molar-refractivity contribution is 0.281. The van der Waals surface area contributed by atoms with E-state index in [2.05, 4.69) is 0 Å². The third-order valence-electron chi connectivity index (χ3n) is 5.26. The molecule has 0 saturated heterocycles. The Morgan fingerprint density at radius 2 is 1.61 bits per heavy atom. The molecule has 0 unspecified atom stereocenters. The minimum Gasteiger partial charge on any atom is -0.392 e. The molecule has 142 valence electrons. The molecular weight excluding hydrogens is 354 g/mol. The Morgan fingerprint density at radius 3 is 2.32 bits per heavy atom. The average molecular weight is 375 g/mol. The maximum Gasteiger partial charge on any atom is 0.330 e. The Hall–Kier alpha value is -3.38. The van der Waals surface area contributed by atoms with E-state index in [9.17, 15) is 14.7 Å². The van der Waals surface area contributed by atoms with Crippen LogP contribution >= 0.6 is 0 Å². The number of hydrogen-bond donors (Lipinski definition) is 1. The van der Waals surface area contributed by atoms with Crippen LogP contribution < -0.4 is 11.2 Å². The Bertz CT molecular complexity index is 1330. The molecule has 4 rings (SSSR count). The number of rotatable bonds is 3. The number of para-hydroxylation sites is 1. The van der Waals surface area contributed by atoms with Gasteiger partial charge < -0.3 is 9.67 Å². The van der Waals surface area contributed by atoms with Crippen LogP contribution in [0.1, 0.15) is 11.1 Å². The van der Waals surface area contributed by atoms with E-state index in [1.807, 2.05) is 60.0 Å². The quantitative estimate of drug-likeness (QED) is 0.598. The van der Waals surface area contributed by atoms with E-state index in [-0.39, 0.29) is 17.9 Å². The van der Waals surface area contributed by atoms with Crippen molar-refractivity contribution in [2.24, 2.45) is 14.1 Å². The van der Waals surface area contributed by atoms with E-state index in [0.717, 1.165) is 26.9 Å². The molecule has 0 aliphatic heterocycles. The second kappa shape index (κ2) is 6.65. The number of nitrogens with zero attached hydrogens (tertiary/aromatic N) is 3. The molecule has 2 aromatic heterocycles. The molecule has 1 N–H and O–H groups in total. The van der Waals surface area contributed by atoms with E-state index >= 15 is 0 Å². The van der Waals surface area contributed by atoms with Gasteiger partial charge in [0.25, 0.3) is 5.56 Å². The summed E-state index contributed by atoms with van der Waals surface area (Å²) in [6.07, 6.45) is 1.80. The van der Waals surface area contributed by atoms with Crippen LogP contribution in [0.2, 0.25) is 0 Å². The van der Waals surface area contributed by atoms with Gasteiger partial charge in [-0.3, -0.25) is 13.9 Å². The molecule has 0 amide bonds. The highest BCUT2D eigenvalue weighted by atomic mass is 16.3. The van der Waals surface area contributed by atoms with Gasteiger partial charge in [0.15, 0.2) is 0 Å². The summed E-state index contributed by atoms with van der Waals surface area (Å²) >= 11 is 0. The maximum absolute atomic E-state index is 13.1. The van der Waals surface area contributed by atoms with Gasteiger partial charge >= 0.3 is 5.69 Å². The first kappa shape index (κ1) is 18.0. The van der Waals surface area contributed by atoms with Crippen molar-refractivity contribution < 1.29 is 5.11 Å². The smallest absolute Gasteiger partial charge is 0.330 e. The van der Waals surface area contributed by atoms with Gasteiger partial charge in [0.2, 0.25) is 0 Å². The molecule has 0 aliphatic rings. The lowest BCUT2D eigenvalue weighted by atomic mass is 10.0. The van der Waals surface area contributed by atoms with Crippen LogP contribution in [0.4, 0.5) is 0 Å². The zero-order chi connectivity index (χ0) is 20.0. The lowest BCUT2D eigenvalue weighted by Crippen LogP contribution is -2.36. The van der Waals surface area contributed by atoms with Crippen LogP contribution in [0, 0.1) is 6.92 Å². The second-order valence-electron chi connectivity index (χ2n) is 6.92. The molecule has 4 aromatic rings. The van der Waals surface area contributed by atoms with Crippen molar-refractivity contribution in [2.75, 3.05) is 0 Å². The molecule has 28 heavy (non-hydrogen) atoms. The second-order valence-corrected chi connectivity index (χ2v) is 6.92. The van der Waals surface area contributed by atoms with Crippen molar-refractivity contribution in [1.29, 1.82) is 0 Å². The van der Waals surface area contributed by atoms with Crippen LogP contribution in [0.3, 0.4) is 0 Å². The first-order valence-electron chi connectivity index (χ1n) is 9.02. The molecule has 0 bridgehead atoms. The van der Waals surface area contributed by atoms with E-state index in [4.69, 9.17) is 0 Å². The number of fused-ring (bicyclic) bond motifs is 1. The van der Waals surface area contributed by atoms with Crippen molar-refractivity contribution in [3.63, 3.8) is 0 Å². The van der Waals surface area contributed by atoms with Crippen LogP contribution in [0.25, 0.3) is 27.8 Å². The summed E-state index contributed by atoms with van der Waals surface area (Å²) in [6, 6.07) is 15.3. The lowest BCUT2D eigenvalue weighted by Gasteiger charge is -2.14. The summed E-state index contributed by atoms with van der Waals surface area (Å²) in [7, 11) is 3.15. The van der Waals surface area contributed by atoms with Gasteiger partial charge in [-0.05, 0) is 18.6 Å². The molecule has 2 aromatic carbocycles. The van der Waals surface area contributed by atoms with Gasteiger partial charge in [-0.25, -0.2) is 4.79 Å². The topological polar surface area (TPSA) is 69.2 Å². The zero-order valence-corrected chi connectivity index (χ0v) is 16.0. The predicted octanol–water partition coefficient (Wildman–Crippen LogP) is 2.50. The fourth-order valence-corrected chi connectivity index (χ4v) is 3.71. The van der Waals surface area contributed by atoms with Crippen LogP contribution in [-0.4, -0.2) is 18.8 Å². The summed E-state index contributed by atoms with van der Waals surface area (Å²) < 4.78 is 4.52. The van der Waals surface area contributed by atoms with Crippen molar-refractivity contribution >= 4 is 10.9 Å². The standard InChI is InChI=1S/C22H21N3O3/c1-14-8-4-6-10-16(14)20-19-18(23(2)22(28)24(3)21(19)27)12-25(20)17-11-7-5-9-15(17)13-26/h4-12,26H,13H2,1-3H3. The zero-order valence-electron chi connectivity index (χ0n) is 16.0. The fourth-order valence-electron chi connectivity index (χ4n) is 3.71. The Balaban J connectivity index is 2.26. The van der Waals surface area contributed by atoms with Gasteiger partial charge in [0.05, 0.1) is 28.9 Å². The van der Waals surface area contributed by atoms with E-state index < -0.39 is 0 Å². The van der Waals surface area contributed by atoms with Gasteiger partial charge in [-0.1, -0.05) is 42.5 Å². The fraction of sp³-hybridized carbons (Fsp3) is 0.182. The molecule has 0 fully saturated rings. The summed E-state index contributed by atoms with van der Waals surface area (Å²) in [4.78, 5) is 25.6. The third kappa shape index (κ3) is 2.53. The summed E-state index contributed by atoms with van der Waals surface area (Å²) in [6.45, 7) is 1.86. The van der Waals surface area contributed by atoms with Gasteiger partial charge in [-0.2, -0.15) is 0 Å². The first-order valence-corrected chi connectivity index (χ1v) is 9.02. The highest BCUT2D eigenvalue weighted by Crippen LogP contribution is 2.33. The third-order valence-corrected chi connectivity index (χ3v) is 5.26. The molecule has 2 heterocycles. The highest BCUT2D eigenvalue weighted by molar-refractivity contribution is 5.95. The number of aliphatic hydroxyl groups is 1. The van der Waals surface area contributed by atoms with Crippen molar-refractivity contribution in [1.82, 2.24) is 13.7 Å². The van der Waals surface area contributed by atoms with Crippen LogP contribution in [0.15, 0.2) is 64.3 Å². The van der Waals surface area contributed by atoms with Crippen LogP contribution in [-0.2, 0) is 20.7 Å². The van der Waals surface area contributed by atoms with Gasteiger partial charge in [0, 0.05) is 31.4 Å². The predicted molar refractivity (Wildman–Crippen MR) is 110 cm³/mol. The minimum absolute atomic E-state index is 0.130. The molecule has 0 aliphatic carbocycles. The van der Waals surface area contributed by atoms with E-state index in [0.29, 0.717) is 16.6 Å². The summed E-state index contributed by atoms with van der Waals surface area (Å²) in [5, 5.41) is 10.3. The Labute approximate surface area is 161 Å². The van der Waals surface area contributed by atoms with E-state index in [1.165, 1.54) is 11.6 Å². The first-order chi connectivity index (χ1) is 13.5. The number of aromatic nitrogens is 3. The van der Waals surface area contributed by atoms with Crippen LogP contribution in [0.5, 0.6) is 0 Å². The number of aliphatic hydroxyl groups excluding tert-OH is 1. The molecule has 6 nitrogen and oxygen atoms in total. The Kier molecular flexibility index (Phi) is 4.28. The number of benzene rings is 2. The normalized spacial score (nSPS) is 11.3. The molecule has 6 heteroatoms. The highest BCUT2D eigenvalue weighted by Gasteiger charge is 2.21. The number of hydrogen-bond acceptors (Lipinski definition) is 3.